The van der Waals surface area contributed by atoms with Crippen molar-refractivity contribution in [2.45, 2.75) is 6.92 Å². The van der Waals surface area contributed by atoms with Gasteiger partial charge in [-0.1, -0.05) is 22.9 Å². The molecule has 1 amide bonds. The van der Waals surface area contributed by atoms with Crippen molar-refractivity contribution in [1.29, 1.82) is 0 Å². The minimum Gasteiger partial charge on any atom is -0.376 e. The molecule has 1 aliphatic rings. The van der Waals surface area contributed by atoms with E-state index in [4.69, 9.17) is 0 Å². The van der Waals surface area contributed by atoms with Crippen LogP contribution in [0.5, 0.6) is 0 Å². The molecular formula is C14H20BrN3O. The van der Waals surface area contributed by atoms with Gasteiger partial charge in [0, 0.05) is 24.5 Å². The fourth-order valence-corrected chi connectivity index (χ4v) is 2.48. The van der Waals surface area contributed by atoms with E-state index in [1.54, 1.807) is 0 Å². The zero-order chi connectivity index (χ0) is 14.0. The lowest BCUT2D eigenvalue weighted by molar-refractivity contribution is -0.121. The van der Waals surface area contributed by atoms with Crippen LogP contribution in [-0.2, 0) is 4.79 Å². The summed E-state index contributed by atoms with van der Waals surface area (Å²) in [6.07, 6.45) is 0. The molecule has 19 heavy (non-hydrogen) atoms. The number of nitrogens with zero attached hydrogens (tertiary/aromatic N) is 1. The third-order valence-electron chi connectivity index (χ3n) is 3.63. The zero-order valence-electron chi connectivity index (χ0n) is 11.5. The predicted octanol–water partition coefficient (Wildman–Crippen LogP) is 2.31. The minimum atomic E-state index is 0.0373. The standard InChI is InChI=1S/C14H20BrN3O/c1-9(10-7-16-8-10)14(19)17-12-6-11(15)4-5-13(12)18(2)3/h4-6,9-10,16H,7-8H2,1-3H3,(H,17,19). The molecule has 0 radical (unpaired) electrons. The largest absolute Gasteiger partial charge is 0.376 e. The molecule has 0 aliphatic carbocycles. The number of hydrogen-bond acceptors (Lipinski definition) is 3. The number of hydrogen-bond donors (Lipinski definition) is 2. The highest BCUT2D eigenvalue weighted by atomic mass is 79.9. The number of rotatable bonds is 4. The van der Waals surface area contributed by atoms with Crippen molar-refractivity contribution in [3.05, 3.63) is 22.7 Å². The van der Waals surface area contributed by atoms with Gasteiger partial charge >= 0.3 is 0 Å². The molecule has 104 valence electrons. The molecule has 1 saturated heterocycles. The molecule has 1 unspecified atom stereocenters. The van der Waals surface area contributed by atoms with Crippen molar-refractivity contribution in [3.8, 4) is 0 Å². The fourth-order valence-electron chi connectivity index (χ4n) is 2.12. The normalized spacial score (nSPS) is 16.6. The van der Waals surface area contributed by atoms with E-state index in [9.17, 15) is 4.79 Å². The van der Waals surface area contributed by atoms with Crippen LogP contribution in [0.15, 0.2) is 22.7 Å². The summed E-state index contributed by atoms with van der Waals surface area (Å²) in [6, 6.07) is 5.92. The van der Waals surface area contributed by atoms with Gasteiger partial charge in [0.2, 0.25) is 5.91 Å². The Bertz CT molecular complexity index is 472. The number of carbonyl (C=O) groups is 1. The van der Waals surface area contributed by atoms with Crippen molar-refractivity contribution in [1.82, 2.24) is 5.32 Å². The summed E-state index contributed by atoms with van der Waals surface area (Å²) in [4.78, 5) is 14.3. The first-order valence-electron chi connectivity index (χ1n) is 6.47. The van der Waals surface area contributed by atoms with Crippen LogP contribution in [-0.4, -0.2) is 33.1 Å². The van der Waals surface area contributed by atoms with Crippen molar-refractivity contribution in [2.24, 2.45) is 11.8 Å². The zero-order valence-corrected chi connectivity index (χ0v) is 13.1. The van der Waals surface area contributed by atoms with Crippen LogP contribution in [0.25, 0.3) is 0 Å². The molecule has 1 aromatic rings. The van der Waals surface area contributed by atoms with Crippen LogP contribution in [0.1, 0.15) is 6.92 Å². The number of nitrogens with one attached hydrogen (secondary N) is 2. The monoisotopic (exact) mass is 325 g/mol. The first-order valence-corrected chi connectivity index (χ1v) is 7.27. The Morgan fingerprint density at radius 1 is 1.47 bits per heavy atom. The van der Waals surface area contributed by atoms with Crippen molar-refractivity contribution < 1.29 is 4.79 Å². The van der Waals surface area contributed by atoms with Gasteiger partial charge in [0.15, 0.2) is 0 Å². The van der Waals surface area contributed by atoms with Gasteiger partial charge in [-0.05, 0) is 37.2 Å². The molecular weight excluding hydrogens is 306 g/mol. The Morgan fingerprint density at radius 3 is 2.68 bits per heavy atom. The molecule has 2 N–H and O–H groups in total. The molecule has 1 fully saturated rings. The molecule has 0 spiro atoms. The second kappa shape index (κ2) is 5.92. The highest BCUT2D eigenvalue weighted by Gasteiger charge is 2.29. The molecule has 1 heterocycles. The number of benzene rings is 1. The summed E-state index contributed by atoms with van der Waals surface area (Å²) in [6.45, 7) is 3.87. The Labute approximate surface area is 122 Å². The summed E-state index contributed by atoms with van der Waals surface area (Å²) in [5.74, 6) is 0.581. The smallest absolute Gasteiger partial charge is 0.227 e. The van der Waals surface area contributed by atoms with E-state index in [2.05, 4.69) is 26.6 Å². The topological polar surface area (TPSA) is 44.4 Å². The van der Waals surface area contributed by atoms with Gasteiger partial charge in [0.1, 0.15) is 0 Å². The molecule has 1 aromatic carbocycles. The van der Waals surface area contributed by atoms with Crippen LogP contribution < -0.4 is 15.5 Å². The average Bonchev–Trinajstić information content (AvgIpc) is 2.26. The molecule has 0 saturated carbocycles. The Hall–Kier alpha value is -1.07. The maximum absolute atomic E-state index is 12.3. The lowest BCUT2D eigenvalue weighted by Gasteiger charge is -2.32. The maximum Gasteiger partial charge on any atom is 0.227 e. The predicted molar refractivity (Wildman–Crippen MR) is 82.6 cm³/mol. The first-order chi connectivity index (χ1) is 8.99. The Morgan fingerprint density at radius 2 is 2.16 bits per heavy atom. The summed E-state index contributed by atoms with van der Waals surface area (Å²) in [5, 5.41) is 6.25. The summed E-state index contributed by atoms with van der Waals surface area (Å²) >= 11 is 3.45. The third kappa shape index (κ3) is 3.28. The summed E-state index contributed by atoms with van der Waals surface area (Å²) in [7, 11) is 3.94. The highest BCUT2D eigenvalue weighted by molar-refractivity contribution is 9.10. The van der Waals surface area contributed by atoms with Gasteiger partial charge in [-0.3, -0.25) is 4.79 Å². The lowest BCUT2D eigenvalue weighted by atomic mass is 9.88. The van der Waals surface area contributed by atoms with Crippen LogP contribution in [0, 0.1) is 11.8 Å². The number of halogens is 1. The van der Waals surface area contributed by atoms with E-state index in [-0.39, 0.29) is 11.8 Å². The Balaban J connectivity index is 2.13. The molecule has 0 bridgehead atoms. The third-order valence-corrected chi connectivity index (χ3v) is 4.13. The van der Waals surface area contributed by atoms with Crippen LogP contribution >= 0.6 is 15.9 Å². The van der Waals surface area contributed by atoms with Crippen LogP contribution in [0.3, 0.4) is 0 Å². The quantitative estimate of drug-likeness (QED) is 0.892. The molecule has 5 heteroatoms. The lowest BCUT2D eigenvalue weighted by Crippen LogP contribution is -2.48. The van der Waals surface area contributed by atoms with Gasteiger partial charge in [-0.25, -0.2) is 0 Å². The van der Waals surface area contributed by atoms with Crippen molar-refractivity contribution in [2.75, 3.05) is 37.4 Å². The molecule has 0 aromatic heterocycles. The van der Waals surface area contributed by atoms with Gasteiger partial charge in [-0.15, -0.1) is 0 Å². The van der Waals surface area contributed by atoms with Crippen molar-refractivity contribution >= 4 is 33.2 Å². The van der Waals surface area contributed by atoms with Gasteiger partial charge in [-0.2, -0.15) is 0 Å². The highest BCUT2D eigenvalue weighted by Crippen LogP contribution is 2.29. The van der Waals surface area contributed by atoms with Gasteiger partial charge < -0.3 is 15.5 Å². The number of anilines is 2. The minimum absolute atomic E-state index is 0.0373. The van der Waals surface area contributed by atoms with Crippen LogP contribution in [0.4, 0.5) is 11.4 Å². The van der Waals surface area contributed by atoms with Gasteiger partial charge in [0.25, 0.3) is 0 Å². The average molecular weight is 326 g/mol. The van der Waals surface area contributed by atoms with E-state index in [0.717, 1.165) is 28.9 Å². The molecule has 4 nitrogen and oxygen atoms in total. The van der Waals surface area contributed by atoms with E-state index in [0.29, 0.717) is 5.92 Å². The van der Waals surface area contributed by atoms with Gasteiger partial charge in [0.05, 0.1) is 11.4 Å². The van der Waals surface area contributed by atoms with E-state index < -0.39 is 0 Å². The maximum atomic E-state index is 12.3. The summed E-state index contributed by atoms with van der Waals surface area (Å²) in [5.41, 5.74) is 1.86. The number of amides is 1. The molecule has 1 aliphatic heterocycles. The van der Waals surface area contributed by atoms with E-state index >= 15 is 0 Å². The van der Waals surface area contributed by atoms with E-state index in [1.807, 2.05) is 44.1 Å². The SMILES string of the molecule is CC(C(=O)Nc1cc(Br)ccc1N(C)C)C1CNC1. The van der Waals surface area contributed by atoms with Crippen LogP contribution in [0.2, 0.25) is 0 Å². The fraction of sp³-hybridized carbons (Fsp3) is 0.500. The Kier molecular flexibility index (Phi) is 4.47. The second-order valence-corrected chi connectivity index (χ2v) is 6.17. The summed E-state index contributed by atoms with van der Waals surface area (Å²) < 4.78 is 0.964. The van der Waals surface area contributed by atoms with E-state index in [1.165, 1.54) is 0 Å². The molecule has 2 rings (SSSR count). The number of carbonyl (C=O) groups excluding carboxylic acids is 1. The second-order valence-electron chi connectivity index (χ2n) is 5.25. The first kappa shape index (κ1) is 14.3. The van der Waals surface area contributed by atoms with Crippen molar-refractivity contribution in [3.63, 3.8) is 0 Å². The molecule has 1 atom stereocenters.